The predicted molar refractivity (Wildman–Crippen MR) is 221 cm³/mol. The topological polar surface area (TPSA) is 3.24 Å². The summed E-state index contributed by atoms with van der Waals surface area (Å²) >= 11 is 0. The van der Waals surface area contributed by atoms with Crippen LogP contribution in [-0.2, 0) is 29.1 Å². The third-order valence-corrected chi connectivity index (χ3v) is 13.0. The number of hydrogen-bond acceptors (Lipinski definition) is 1. The number of para-hydroxylation sites is 1. The van der Waals surface area contributed by atoms with E-state index in [1.807, 2.05) is 0 Å². The Kier molecular flexibility index (Phi) is 7.67. The molecule has 260 valence electrons. The summed E-state index contributed by atoms with van der Waals surface area (Å²) in [5, 5.41) is 0. The van der Waals surface area contributed by atoms with Crippen molar-refractivity contribution in [2.45, 2.75) is 96.3 Å². The van der Waals surface area contributed by atoms with Crippen LogP contribution in [0.5, 0.6) is 0 Å². The van der Waals surface area contributed by atoms with E-state index in [0.717, 1.165) is 0 Å². The van der Waals surface area contributed by atoms with E-state index in [1.54, 1.807) is 5.56 Å². The van der Waals surface area contributed by atoms with E-state index in [4.69, 9.17) is 0 Å². The normalized spacial score (nSPS) is 17.4. The first-order valence-electron chi connectivity index (χ1n) is 19.5. The lowest BCUT2D eigenvalue weighted by molar-refractivity contribution is 0.332. The lowest BCUT2D eigenvalue weighted by Crippen LogP contribution is -2.34. The second kappa shape index (κ2) is 12.1. The van der Waals surface area contributed by atoms with Gasteiger partial charge in [-0.05, 0) is 147 Å². The SMILES string of the molecule is CC1(C)CCC(C)(C)c2cc(N(c3ccccc3)c3cc4c(cc3-c3ccc(-c5cccc6c5CCCC6)cc3)-c3ccccc3C4(C)C)ccc21. The number of aryl methyl sites for hydroxylation is 1. The summed E-state index contributed by atoms with van der Waals surface area (Å²) in [4.78, 5) is 2.54. The summed E-state index contributed by atoms with van der Waals surface area (Å²) in [7, 11) is 0. The Balaban J connectivity index is 1.27. The Labute approximate surface area is 311 Å². The van der Waals surface area contributed by atoms with Crippen molar-refractivity contribution in [3.8, 4) is 33.4 Å². The van der Waals surface area contributed by atoms with Crippen molar-refractivity contribution in [3.05, 3.63) is 161 Å². The monoisotopic (exact) mass is 677 g/mol. The fraction of sp³-hybridized carbons (Fsp3) is 0.294. The van der Waals surface area contributed by atoms with Gasteiger partial charge in [-0.15, -0.1) is 0 Å². The lowest BCUT2D eigenvalue weighted by Gasteiger charge is -2.42. The Morgan fingerprint density at radius 1 is 0.442 bits per heavy atom. The zero-order valence-electron chi connectivity index (χ0n) is 31.8. The maximum Gasteiger partial charge on any atom is 0.0543 e. The van der Waals surface area contributed by atoms with Gasteiger partial charge in [0.2, 0.25) is 0 Å². The number of nitrogens with zero attached hydrogens (tertiary/aromatic N) is 1. The van der Waals surface area contributed by atoms with Crippen LogP contribution in [0.15, 0.2) is 127 Å². The largest absolute Gasteiger partial charge is 0.310 e. The van der Waals surface area contributed by atoms with Gasteiger partial charge in [0.25, 0.3) is 0 Å². The Morgan fingerprint density at radius 2 is 1.10 bits per heavy atom. The van der Waals surface area contributed by atoms with Crippen LogP contribution >= 0.6 is 0 Å². The molecule has 6 aromatic rings. The molecule has 3 aliphatic rings. The fourth-order valence-electron chi connectivity index (χ4n) is 9.75. The maximum absolute atomic E-state index is 2.54. The zero-order valence-corrected chi connectivity index (χ0v) is 31.8. The molecule has 0 amide bonds. The molecule has 0 spiro atoms. The lowest BCUT2D eigenvalue weighted by atomic mass is 9.63. The molecule has 52 heavy (non-hydrogen) atoms. The van der Waals surface area contributed by atoms with E-state index >= 15 is 0 Å². The minimum absolute atomic E-state index is 0.111. The molecule has 1 heteroatoms. The summed E-state index contributed by atoms with van der Waals surface area (Å²) in [6.45, 7) is 14.5. The summed E-state index contributed by atoms with van der Waals surface area (Å²) in [6.07, 6.45) is 7.36. The van der Waals surface area contributed by atoms with Gasteiger partial charge in [0, 0.05) is 22.4 Å². The first kappa shape index (κ1) is 33.0. The number of benzene rings is 6. The minimum atomic E-state index is -0.111. The molecular weight excluding hydrogens is 627 g/mol. The molecule has 0 aromatic heterocycles. The van der Waals surface area contributed by atoms with E-state index in [1.165, 1.54) is 117 Å². The van der Waals surface area contributed by atoms with Crippen LogP contribution < -0.4 is 4.90 Å². The minimum Gasteiger partial charge on any atom is -0.310 e. The summed E-state index contributed by atoms with van der Waals surface area (Å²) in [6, 6.07) is 48.8. The molecule has 0 saturated carbocycles. The van der Waals surface area contributed by atoms with Crippen molar-refractivity contribution in [1.29, 1.82) is 0 Å². The van der Waals surface area contributed by atoms with Crippen molar-refractivity contribution in [1.82, 2.24) is 0 Å². The molecule has 0 radical (unpaired) electrons. The second-order valence-electron chi connectivity index (χ2n) is 17.5. The highest BCUT2D eigenvalue weighted by Gasteiger charge is 2.39. The molecule has 0 fully saturated rings. The summed E-state index contributed by atoms with van der Waals surface area (Å²) < 4.78 is 0. The molecule has 0 bridgehead atoms. The maximum atomic E-state index is 2.54. The van der Waals surface area contributed by atoms with Crippen molar-refractivity contribution in [2.24, 2.45) is 0 Å². The van der Waals surface area contributed by atoms with Gasteiger partial charge in [0.1, 0.15) is 0 Å². The van der Waals surface area contributed by atoms with Gasteiger partial charge in [-0.25, -0.2) is 0 Å². The highest BCUT2D eigenvalue weighted by molar-refractivity contribution is 5.95. The standard InChI is InChI=1S/C51H51N/c1-49(2)29-30-50(3,4)47-31-38(27-28-45(47)49)52(37-17-8-7-9-18-37)48-33-46-43(41-20-12-13-22-44(41)51(46,5)6)32-42(48)36-25-23-35(24-26-36)40-21-14-16-34-15-10-11-19-39(34)40/h7-9,12-14,16-18,20-28,31-33H,10-11,15,19,29-30H2,1-6H3. The van der Waals surface area contributed by atoms with Crippen molar-refractivity contribution >= 4 is 17.1 Å². The summed E-state index contributed by atoms with van der Waals surface area (Å²) in [5.41, 5.74) is 20.6. The molecule has 0 aliphatic heterocycles. The van der Waals surface area contributed by atoms with E-state index in [0.29, 0.717) is 0 Å². The number of rotatable bonds is 5. The van der Waals surface area contributed by atoms with Gasteiger partial charge in [0.15, 0.2) is 0 Å². The molecule has 0 heterocycles. The average molecular weight is 678 g/mol. The van der Waals surface area contributed by atoms with Crippen molar-refractivity contribution in [2.75, 3.05) is 4.90 Å². The van der Waals surface area contributed by atoms with Gasteiger partial charge >= 0.3 is 0 Å². The van der Waals surface area contributed by atoms with Crippen LogP contribution in [0.3, 0.4) is 0 Å². The van der Waals surface area contributed by atoms with E-state index in [9.17, 15) is 0 Å². The van der Waals surface area contributed by atoms with Gasteiger partial charge in [-0.1, -0.05) is 133 Å². The number of fused-ring (bicyclic) bond motifs is 5. The molecule has 0 saturated heterocycles. The molecule has 1 nitrogen and oxygen atoms in total. The molecule has 0 atom stereocenters. The highest BCUT2D eigenvalue weighted by atomic mass is 15.1. The van der Waals surface area contributed by atoms with Crippen LogP contribution in [-0.4, -0.2) is 0 Å². The van der Waals surface area contributed by atoms with Crippen molar-refractivity contribution < 1.29 is 0 Å². The smallest absolute Gasteiger partial charge is 0.0543 e. The third kappa shape index (κ3) is 5.27. The van der Waals surface area contributed by atoms with E-state index in [2.05, 4.69) is 174 Å². The zero-order chi connectivity index (χ0) is 35.8. The number of anilines is 3. The number of hydrogen-bond donors (Lipinski definition) is 0. The Morgan fingerprint density at radius 3 is 1.87 bits per heavy atom. The molecule has 0 N–H and O–H groups in total. The molecule has 0 unspecified atom stereocenters. The van der Waals surface area contributed by atoms with Crippen LogP contribution in [0.2, 0.25) is 0 Å². The summed E-state index contributed by atoms with van der Waals surface area (Å²) in [5.74, 6) is 0. The first-order valence-corrected chi connectivity index (χ1v) is 19.5. The van der Waals surface area contributed by atoms with Crippen LogP contribution in [0, 0.1) is 0 Å². The van der Waals surface area contributed by atoms with E-state index in [-0.39, 0.29) is 16.2 Å². The van der Waals surface area contributed by atoms with Gasteiger partial charge in [-0.2, -0.15) is 0 Å². The van der Waals surface area contributed by atoms with Crippen LogP contribution in [0.1, 0.15) is 101 Å². The third-order valence-electron chi connectivity index (χ3n) is 13.0. The van der Waals surface area contributed by atoms with E-state index < -0.39 is 0 Å². The van der Waals surface area contributed by atoms with Crippen LogP contribution in [0.4, 0.5) is 17.1 Å². The van der Waals surface area contributed by atoms with Gasteiger partial charge in [0.05, 0.1) is 5.69 Å². The first-order chi connectivity index (χ1) is 25.0. The van der Waals surface area contributed by atoms with Gasteiger partial charge < -0.3 is 4.90 Å². The quantitative estimate of drug-likeness (QED) is 0.176. The molecule has 9 rings (SSSR count). The van der Waals surface area contributed by atoms with Crippen molar-refractivity contribution in [3.63, 3.8) is 0 Å². The van der Waals surface area contributed by atoms with Gasteiger partial charge in [-0.3, -0.25) is 0 Å². The second-order valence-corrected chi connectivity index (χ2v) is 17.5. The molecular formula is C51H51N. The predicted octanol–water partition coefficient (Wildman–Crippen LogP) is 14.0. The Bertz CT molecular complexity index is 2320. The molecule has 3 aliphatic carbocycles. The Hall–Kier alpha value is -4.88. The molecule has 6 aromatic carbocycles. The van der Waals surface area contributed by atoms with Crippen LogP contribution in [0.25, 0.3) is 33.4 Å². The highest BCUT2D eigenvalue weighted by Crippen LogP contribution is 2.54. The fourth-order valence-corrected chi connectivity index (χ4v) is 9.75. The average Bonchev–Trinajstić information content (AvgIpc) is 3.39.